The minimum absolute atomic E-state index is 0.0217. The largest absolute Gasteiger partial charge is 0.494 e. The first-order valence-electron chi connectivity index (χ1n) is 12.5. The first-order valence-corrected chi connectivity index (χ1v) is 12.9. The van der Waals surface area contributed by atoms with Crippen molar-refractivity contribution < 1.29 is 14.3 Å². The fraction of sp³-hybridized carbons (Fsp3) is 0.462. The predicted octanol–water partition coefficient (Wildman–Crippen LogP) is 2.60. The van der Waals surface area contributed by atoms with Gasteiger partial charge >= 0.3 is 0 Å². The second-order valence-electron chi connectivity index (χ2n) is 9.95. The van der Waals surface area contributed by atoms with Crippen LogP contribution in [0.3, 0.4) is 0 Å². The zero-order valence-corrected chi connectivity index (χ0v) is 22.1. The summed E-state index contributed by atoms with van der Waals surface area (Å²) >= 11 is 6.25. The van der Waals surface area contributed by atoms with Crippen LogP contribution < -0.4 is 4.74 Å². The number of pyridine rings is 1. The van der Waals surface area contributed by atoms with Gasteiger partial charge in [0.25, 0.3) is 0 Å². The Morgan fingerprint density at radius 2 is 1.86 bits per heavy atom. The first-order chi connectivity index (χ1) is 17.8. The van der Waals surface area contributed by atoms with Crippen LogP contribution in [-0.2, 0) is 9.59 Å². The number of carbonyl (C=O) groups is 2. The van der Waals surface area contributed by atoms with Gasteiger partial charge in [0.1, 0.15) is 11.3 Å². The average molecular weight is 526 g/mol. The van der Waals surface area contributed by atoms with Crippen molar-refractivity contribution in [2.24, 2.45) is 5.92 Å². The number of halogens is 1. The lowest BCUT2D eigenvalue weighted by molar-refractivity contribution is -0.147. The van der Waals surface area contributed by atoms with Gasteiger partial charge in [-0.25, -0.2) is 4.52 Å². The minimum atomic E-state index is -0.0975. The van der Waals surface area contributed by atoms with Crippen LogP contribution in [0.15, 0.2) is 43.0 Å². The summed E-state index contributed by atoms with van der Waals surface area (Å²) in [4.78, 5) is 30.9. The number of likely N-dealkylation sites (tertiary alicyclic amines) is 2. The van der Waals surface area contributed by atoms with Crippen LogP contribution in [0.5, 0.6) is 5.75 Å². The molecule has 5 rings (SSSR count). The molecule has 0 bridgehead atoms. The van der Waals surface area contributed by atoms with Crippen LogP contribution in [0.4, 0.5) is 0 Å². The van der Waals surface area contributed by atoms with Crippen LogP contribution in [-0.4, -0.2) is 99.8 Å². The fourth-order valence-electron chi connectivity index (χ4n) is 4.94. The molecular weight excluding hydrogens is 494 g/mol. The highest BCUT2D eigenvalue weighted by Gasteiger charge is 2.38. The topological polar surface area (TPSA) is 88.2 Å². The van der Waals surface area contributed by atoms with Gasteiger partial charge in [-0.05, 0) is 33.0 Å². The summed E-state index contributed by atoms with van der Waals surface area (Å²) in [7, 11) is 5.53. The number of carbonyl (C=O) groups excluding carboxylic acids is 2. The van der Waals surface area contributed by atoms with E-state index in [4.69, 9.17) is 16.3 Å². The van der Waals surface area contributed by atoms with Crippen molar-refractivity contribution in [1.82, 2.24) is 34.1 Å². The molecule has 0 spiro atoms. The molecule has 37 heavy (non-hydrogen) atoms. The second kappa shape index (κ2) is 10.5. The smallest absolute Gasteiger partial charge is 0.246 e. The molecule has 0 radical (unpaired) electrons. The van der Waals surface area contributed by atoms with Crippen molar-refractivity contribution in [2.45, 2.75) is 18.9 Å². The number of aromatic nitrogens is 4. The molecule has 2 amide bonds. The van der Waals surface area contributed by atoms with E-state index in [-0.39, 0.29) is 23.8 Å². The quantitative estimate of drug-likeness (QED) is 0.441. The van der Waals surface area contributed by atoms with E-state index < -0.39 is 0 Å². The summed E-state index contributed by atoms with van der Waals surface area (Å²) in [6, 6.07) is 2.17. The van der Waals surface area contributed by atoms with Gasteiger partial charge in [0.15, 0.2) is 0 Å². The Bertz CT molecular complexity index is 1320. The van der Waals surface area contributed by atoms with Crippen molar-refractivity contribution in [3.63, 3.8) is 0 Å². The van der Waals surface area contributed by atoms with Gasteiger partial charge in [0.2, 0.25) is 11.8 Å². The van der Waals surface area contributed by atoms with Gasteiger partial charge in [-0.1, -0.05) is 17.7 Å². The van der Waals surface area contributed by atoms with E-state index in [2.05, 4.69) is 10.2 Å². The van der Waals surface area contributed by atoms with E-state index in [0.717, 1.165) is 36.0 Å². The Balaban J connectivity index is 1.15. The Morgan fingerprint density at radius 1 is 1.11 bits per heavy atom. The zero-order valence-electron chi connectivity index (χ0n) is 21.4. The molecule has 10 nitrogen and oxygen atoms in total. The van der Waals surface area contributed by atoms with Crippen LogP contribution >= 0.6 is 11.6 Å². The van der Waals surface area contributed by atoms with Gasteiger partial charge in [0.05, 0.1) is 36.5 Å². The van der Waals surface area contributed by atoms with Crippen molar-refractivity contribution in [2.75, 3.05) is 53.9 Å². The van der Waals surface area contributed by atoms with E-state index in [9.17, 15) is 9.59 Å². The molecule has 2 saturated heterocycles. The second-order valence-corrected chi connectivity index (χ2v) is 10.4. The highest BCUT2D eigenvalue weighted by atomic mass is 35.5. The number of amides is 2. The third-order valence-corrected chi connectivity index (χ3v) is 7.39. The lowest BCUT2D eigenvalue weighted by Crippen LogP contribution is -2.57. The van der Waals surface area contributed by atoms with Crippen LogP contribution in [0.2, 0.25) is 5.02 Å². The van der Waals surface area contributed by atoms with E-state index in [1.54, 1.807) is 28.8 Å². The van der Waals surface area contributed by atoms with Crippen molar-refractivity contribution in [3.8, 4) is 16.9 Å². The fourth-order valence-corrected chi connectivity index (χ4v) is 5.17. The Kier molecular flexibility index (Phi) is 7.21. The predicted molar refractivity (Wildman–Crippen MR) is 141 cm³/mol. The summed E-state index contributed by atoms with van der Waals surface area (Å²) < 4.78 is 9.24. The summed E-state index contributed by atoms with van der Waals surface area (Å²) in [6.07, 6.45) is 12.5. The molecule has 0 unspecified atom stereocenters. The maximum Gasteiger partial charge on any atom is 0.246 e. The maximum absolute atomic E-state index is 13.0. The number of hydrogen-bond donors (Lipinski definition) is 0. The molecule has 0 saturated carbocycles. The lowest BCUT2D eigenvalue weighted by atomic mass is 9.96. The van der Waals surface area contributed by atoms with Crippen LogP contribution in [0.25, 0.3) is 16.6 Å². The van der Waals surface area contributed by atoms with Crippen molar-refractivity contribution >= 4 is 28.9 Å². The van der Waals surface area contributed by atoms with Crippen LogP contribution in [0, 0.1) is 5.92 Å². The molecule has 196 valence electrons. The molecule has 0 atom stereocenters. The lowest BCUT2D eigenvalue weighted by Gasteiger charge is -2.41. The number of rotatable bonds is 7. The number of methoxy groups -OCH3 is 1. The van der Waals surface area contributed by atoms with E-state index >= 15 is 0 Å². The molecule has 2 aliphatic heterocycles. The summed E-state index contributed by atoms with van der Waals surface area (Å²) in [5.74, 6) is 0.686. The number of ether oxygens (including phenoxy) is 1. The molecule has 2 fully saturated rings. The first kappa shape index (κ1) is 25.3. The van der Waals surface area contributed by atoms with Gasteiger partial charge in [-0.2, -0.15) is 10.2 Å². The molecule has 0 aromatic carbocycles. The van der Waals surface area contributed by atoms with E-state index in [1.165, 1.54) is 0 Å². The molecule has 0 aliphatic carbocycles. The molecule has 5 heterocycles. The highest BCUT2D eigenvalue weighted by Crippen LogP contribution is 2.33. The standard InChI is InChI=1S/C26H32ClN7O3/c1-30(2)8-4-5-24(35)32-14-20(15-32)26(36)31-9-6-21(7-10-31)33-17-19(12-28-33)18-11-23(37-3)25-22(27)13-29-34(25)16-18/h4-5,11-13,16-17,20-21H,6-10,14-15H2,1-3H3/b5-4+. The Hall–Kier alpha value is -3.37. The molecule has 3 aromatic rings. The molecular formula is C26H32ClN7O3. The van der Waals surface area contributed by atoms with Gasteiger partial charge in [0, 0.05) is 62.3 Å². The molecule has 11 heteroatoms. The number of fused-ring (bicyclic) bond motifs is 1. The molecule has 3 aromatic heterocycles. The Morgan fingerprint density at radius 3 is 2.57 bits per heavy atom. The minimum Gasteiger partial charge on any atom is -0.494 e. The molecule has 2 aliphatic rings. The van der Waals surface area contributed by atoms with Gasteiger partial charge < -0.3 is 19.4 Å². The van der Waals surface area contributed by atoms with Crippen molar-refractivity contribution in [3.05, 3.63) is 48.0 Å². The van der Waals surface area contributed by atoms with E-state index in [0.29, 0.717) is 37.0 Å². The highest BCUT2D eigenvalue weighted by molar-refractivity contribution is 6.34. The summed E-state index contributed by atoms with van der Waals surface area (Å²) in [6.45, 7) is 3.11. The maximum atomic E-state index is 13.0. The number of piperidine rings is 1. The number of nitrogens with zero attached hydrogens (tertiary/aromatic N) is 7. The third-order valence-electron chi connectivity index (χ3n) is 7.11. The average Bonchev–Trinajstić information content (AvgIpc) is 3.50. The summed E-state index contributed by atoms with van der Waals surface area (Å²) in [5.41, 5.74) is 2.63. The zero-order chi connectivity index (χ0) is 26.1. The Labute approximate surface area is 221 Å². The van der Waals surface area contributed by atoms with Gasteiger partial charge in [-0.3, -0.25) is 14.3 Å². The monoisotopic (exact) mass is 525 g/mol. The number of hydrogen-bond acceptors (Lipinski definition) is 6. The summed E-state index contributed by atoms with van der Waals surface area (Å²) in [5, 5.41) is 9.46. The van der Waals surface area contributed by atoms with Crippen molar-refractivity contribution in [1.29, 1.82) is 0 Å². The normalized spacial score (nSPS) is 17.2. The number of likely N-dealkylation sites (N-methyl/N-ethyl adjacent to an activating group) is 1. The third kappa shape index (κ3) is 5.21. The molecule has 0 N–H and O–H groups in total. The van der Waals surface area contributed by atoms with Gasteiger partial charge in [-0.15, -0.1) is 0 Å². The SMILES string of the molecule is COc1cc(-c2cnn(C3CCN(C(=O)C4CN(C(=O)/C=C/CN(C)C)C4)CC3)c2)cn2ncc(Cl)c12. The van der Waals surface area contributed by atoms with E-state index in [1.807, 2.05) is 59.3 Å². The van der Waals surface area contributed by atoms with Crippen LogP contribution in [0.1, 0.15) is 18.9 Å².